The molecule has 0 saturated carbocycles. The van der Waals surface area contributed by atoms with E-state index < -0.39 is 17.9 Å². The van der Waals surface area contributed by atoms with Crippen LogP contribution in [0.1, 0.15) is 39.7 Å². The maximum Gasteiger partial charge on any atom is 0.423 e. The van der Waals surface area contributed by atoms with Gasteiger partial charge in [0, 0.05) is 11.8 Å². The second-order valence-corrected chi connectivity index (χ2v) is 6.94. The SMILES string of the molecule is CC1CC(C)C(C(C)C)C(=O)N(C(=O)OCc2ccccc2)C1=O. The van der Waals surface area contributed by atoms with Crippen LogP contribution < -0.4 is 0 Å². The number of hydrogen-bond donors (Lipinski definition) is 0. The molecule has 1 aliphatic rings. The van der Waals surface area contributed by atoms with Crippen molar-refractivity contribution in [2.75, 3.05) is 0 Å². The predicted octanol–water partition coefficient (Wildman–Crippen LogP) is 3.63. The number of amides is 3. The maximum absolute atomic E-state index is 12.8. The van der Waals surface area contributed by atoms with Crippen LogP contribution in [-0.4, -0.2) is 22.8 Å². The molecule has 1 aromatic carbocycles. The minimum Gasteiger partial charge on any atom is -0.444 e. The fourth-order valence-electron chi connectivity index (χ4n) is 3.43. The van der Waals surface area contributed by atoms with Gasteiger partial charge >= 0.3 is 6.09 Å². The van der Waals surface area contributed by atoms with Crippen molar-refractivity contribution in [3.8, 4) is 0 Å². The van der Waals surface area contributed by atoms with Crippen LogP contribution in [0.2, 0.25) is 0 Å². The molecule has 3 unspecified atom stereocenters. The largest absolute Gasteiger partial charge is 0.444 e. The van der Waals surface area contributed by atoms with Gasteiger partial charge < -0.3 is 4.74 Å². The zero-order valence-corrected chi connectivity index (χ0v) is 14.7. The Morgan fingerprint density at radius 3 is 2.38 bits per heavy atom. The van der Waals surface area contributed by atoms with Crippen LogP contribution in [0.4, 0.5) is 4.79 Å². The van der Waals surface area contributed by atoms with E-state index in [2.05, 4.69) is 0 Å². The van der Waals surface area contributed by atoms with Crippen molar-refractivity contribution >= 4 is 17.9 Å². The summed E-state index contributed by atoms with van der Waals surface area (Å²) in [4.78, 5) is 38.5. The molecular formula is C19H25NO4. The van der Waals surface area contributed by atoms with E-state index in [0.29, 0.717) is 6.42 Å². The van der Waals surface area contributed by atoms with Crippen molar-refractivity contribution in [2.45, 2.75) is 40.7 Å². The number of imide groups is 3. The van der Waals surface area contributed by atoms with E-state index in [0.717, 1.165) is 10.5 Å². The molecule has 130 valence electrons. The zero-order valence-electron chi connectivity index (χ0n) is 14.7. The van der Waals surface area contributed by atoms with Gasteiger partial charge in [-0.2, -0.15) is 4.90 Å². The number of carbonyl (C=O) groups is 3. The Kier molecular flexibility index (Phi) is 5.75. The summed E-state index contributed by atoms with van der Waals surface area (Å²) >= 11 is 0. The zero-order chi connectivity index (χ0) is 17.9. The maximum atomic E-state index is 12.8. The van der Waals surface area contributed by atoms with E-state index in [-0.39, 0.29) is 30.3 Å². The average Bonchev–Trinajstić information content (AvgIpc) is 2.61. The number of ether oxygens (including phenoxy) is 1. The quantitative estimate of drug-likeness (QED) is 0.794. The van der Waals surface area contributed by atoms with Crippen LogP contribution in [0.15, 0.2) is 30.3 Å². The van der Waals surface area contributed by atoms with Crippen LogP contribution in [0, 0.1) is 23.7 Å². The molecule has 0 aliphatic carbocycles. The summed E-state index contributed by atoms with van der Waals surface area (Å²) in [5.41, 5.74) is 0.808. The number of hydrogen-bond acceptors (Lipinski definition) is 4. The molecular weight excluding hydrogens is 306 g/mol. The van der Waals surface area contributed by atoms with Crippen molar-refractivity contribution < 1.29 is 19.1 Å². The van der Waals surface area contributed by atoms with Gasteiger partial charge in [-0.25, -0.2) is 4.79 Å². The topological polar surface area (TPSA) is 63.7 Å². The lowest BCUT2D eigenvalue weighted by atomic mass is 9.80. The summed E-state index contributed by atoms with van der Waals surface area (Å²) in [6.07, 6.45) is -0.281. The van der Waals surface area contributed by atoms with Crippen LogP contribution in [-0.2, 0) is 20.9 Å². The van der Waals surface area contributed by atoms with E-state index in [1.165, 1.54) is 0 Å². The monoisotopic (exact) mass is 331 g/mol. The van der Waals surface area contributed by atoms with Gasteiger partial charge in [0.2, 0.25) is 11.8 Å². The third-order valence-corrected chi connectivity index (χ3v) is 4.59. The Balaban J connectivity index is 2.19. The molecule has 2 rings (SSSR count). The second-order valence-electron chi connectivity index (χ2n) is 6.94. The van der Waals surface area contributed by atoms with Crippen LogP contribution >= 0.6 is 0 Å². The first kappa shape index (κ1) is 18.2. The second kappa shape index (κ2) is 7.60. The highest BCUT2D eigenvalue weighted by Crippen LogP contribution is 2.33. The van der Waals surface area contributed by atoms with Crippen molar-refractivity contribution in [3.05, 3.63) is 35.9 Å². The first-order chi connectivity index (χ1) is 11.3. The fraction of sp³-hybridized carbons (Fsp3) is 0.526. The van der Waals surface area contributed by atoms with Crippen LogP contribution in [0.25, 0.3) is 0 Å². The van der Waals surface area contributed by atoms with E-state index in [9.17, 15) is 14.4 Å². The number of likely N-dealkylation sites (tertiary alicyclic amines) is 1. The summed E-state index contributed by atoms with van der Waals surface area (Å²) in [6, 6.07) is 9.18. The van der Waals surface area contributed by atoms with Gasteiger partial charge in [0.1, 0.15) is 6.61 Å². The van der Waals surface area contributed by atoms with Crippen LogP contribution in [0.5, 0.6) is 0 Å². The Bertz CT molecular complexity index is 611. The van der Waals surface area contributed by atoms with Crippen molar-refractivity contribution in [3.63, 3.8) is 0 Å². The fourth-order valence-corrected chi connectivity index (χ4v) is 3.43. The van der Waals surface area contributed by atoms with E-state index in [1.807, 2.05) is 51.1 Å². The molecule has 5 heteroatoms. The van der Waals surface area contributed by atoms with Gasteiger partial charge in [-0.05, 0) is 23.8 Å². The highest BCUT2D eigenvalue weighted by molar-refractivity contribution is 6.10. The lowest BCUT2D eigenvalue weighted by Crippen LogP contribution is -2.46. The molecule has 0 bridgehead atoms. The molecule has 3 amide bonds. The molecule has 1 heterocycles. The molecule has 3 atom stereocenters. The highest BCUT2D eigenvalue weighted by Gasteiger charge is 2.44. The van der Waals surface area contributed by atoms with E-state index in [4.69, 9.17) is 4.74 Å². The van der Waals surface area contributed by atoms with E-state index in [1.54, 1.807) is 6.92 Å². The predicted molar refractivity (Wildman–Crippen MR) is 89.8 cm³/mol. The normalized spacial score (nSPS) is 24.9. The third kappa shape index (κ3) is 3.83. The number of carbonyl (C=O) groups excluding carboxylic acids is 3. The molecule has 1 fully saturated rings. The van der Waals surface area contributed by atoms with Crippen LogP contribution in [0.3, 0.4) is 0 Å². The van der Waals surface area contributed by atoms with Gasteiger partial charge in [-0.1, -0.05) is 58.0 Å². The number of nitrogens with zero attached hydrogens (tertiary/aromatic N) is 1. The Hall–Kier alpha value is -2.17. The average molecular weight is 331 g/mol. The Labute approximate surface area is 143 Å². The first-order valence-corrected chi connectivity index (χ1v) is 8.41. The lowest BCUT2D eigenvalue weighted by molar-refractivity contribution is -0.146. The first-order valence-electron chi connectivity index (χ1n) is 8.41. The highest BCUT2D eigenvalue weighted by atomic mass is 16.6. The minimum atomic E-state index is -0.875. The third-order valence-electron chi connectivity index (χ3n) is 4.59. The lowest BCUT2D eigenvalue weighted by Gasteiger charge is -2.26. The summed E-state index contributed by atoms with van der Waals surface area (Å²) in [5.74, 6) is -1.54. The van der Waals surface area contributed by atoms with E-state index >= 15 is 0 Å². The molecule has 1 aliphatic heterocycles. The molecule has 0 aromatic heterocycles. The van der Waals surface area contributed by atoms with Gasteiger partial charge in [0.15, 0.2) is 0 Å². The molecule has 1 aromatic rings. The standard InChI is InChI=1S/C19H25NO4/c1-12(2)16-13(3)10-14(4)17(21)20(18(16)22)19(23)24-11-15-8-6-5-7-9-15/h5-9,12-14,16H,10-11H2,1-4H3. The van der Waals surface area contributed by atoms with Crippen molar-refractivity contribution in [2.24, 2.45) is 23.7 Å². The summed E-state index contributed by atoms with van der Waals surface area (Å²) in [6.45, 7) is 7.63. The molecule has 24 heavy (non-hydrogen) atoms. The molecule has 5 nitrogen and oxygen atoms in total. The van der Waals surface area contributed by atoms with Gasteiger partial charge in [0.25, 0.3) is 0 Å². The molecule has 1 saturated heterocycles. The Morgan fingerprint density at radius 2 is 1.79 bits per heavy atom. The number of benzene rings is 1. The summed E-state index contributed by atoms with van der Waals surface area (Å²) in [5, 5.41) is 0. The number of rotatable bonds is 3. The smallest absolute Gasteiger partial charge is 0.423 e. The molecule has 0 spiro atoms. The Morgan fingerprint density at radius 1 is 1.17 bits per heavy atom. The summed E-state index contributed by atoms with van der Waals surface area (Å²) < 4.78 is 5.22. The van der Waals surface area contributed by atoms with Crippen molar-refractivity contribution in [1.29, 1.82) is 0 Å². The minimum absolute atomic E-state index is 0.0347. The molecule has 0 N–H and O–H groups in total. The summed E-state index contributed by atoms with van der Waals surface area (Å²) in [7, 11) is 0. The van der Waals surface area contributed by atoms with Gasteiger partial charge in [0.05, 0.1) is 0 Å². The van der Waals surface area contributed by atoms with Crippen molar-refractivity contribution in [1.82, 2.24) is 4.90 Å². The molecule has 0 radical (unpaired) electrons. The van der Waals surface area contributed by atoms with Gasteiger partial charge in [-0.3, -0.25) is 9.59 Å². The van der Waals surface area contributed by atoms with Gasteiger partial charge in [-0.15, -0.1) is 0 Å².